The number of fused-ring (bicyclic) bond motifs is 1. The van der Waals surface area contributed by atoms with Crippen molar-refractivity contribution in [2.45, 2.75) is 27.3 Å². The van der Waals surface area contributed by atoms with Crippen LogP contribution in [0.5, 0.6) is 0 Å². The molecule has 0 unspecified atom stereocenters. The van der Waals surface area contributed by atoms with Crippen LogP contribution in [0.25, 0.3) is 10.9 Å². The molecule has 0 saturated carbocycles. The lowest BCUT2D eigenvalue weighted by Crippen LogP contribution is -2.28. The summed E-state index contributed by atoms with van der Waals surface area (Å²) in [6.45, 7) is 5.34. The molecule has 0 saturated heterocycles. The van der Waals surface area contributed by atoms with E-state index < -0.39 is 11.9 Å². The van der Waals surface area contributed by atoms with Crippen molar-refractivity contribution >= 4 is 39.1 Å². The molecule has 0 spiro atoms. The number of aryl methyl sites for hydroxylation is 2. The summed E-state index contributed by atoms with van der Waals surface area (Å²) in [5.41, 5.74) is 2.34. The third-order valence-electron chi connectivity index (χ3n) is 4.40. The molecule has 7 nitrogen and oxygen atoms in total. The number of hydrogen-bond donors (Lipinski definition) is 1. The first kappa shape index (κ1) is 18.8. The summed E-state index contributed by atoms with van der Waals surface area (Å²) in [6.07, 6.45) is 1.36. The molecule has 0 aliphatic rings. The van der Waals surface area contributed by atoms with E-state index in [0.717, 1.165) is 16.0 Å². The minimum Gasteiger partial charge on any atom is -0.465 e. The maximum Gasteiger partial charge on any atom is 0.341 e. The molecule has 3 aromatic rings. The number of hydrogen-bond acceptors (Lipinski definition) is 6. The van der Waals surface area contributed by atoms with Gasteiger partial charge < -0.3 is 10.1 Å². The van der Waals surface area contributed by atoms with E-state index >= 15 is 0 Å². The SMILES string of the molecule is COC(=O)c1c(NC(=O)Cn2cnc3c(C)cccc3c2=O)sc(C)c1C. The van der Waals surface area contributed by atoms with Crippen molar-refractivity contribution in [3.8, 4) is 0 Å². The molecule has 3 rings (SSSR count). The highest BCUT2D eigenvalue weighted by atomic mass is 32.1. The standard InChI is InChI=1S/C19H19N3O4S/c1-10-6-5-7-13-16(10)20-9-22(18(13)24)8-14(23)21-17-15(19(25)26-4)11(2)12(3)27-17/h5-7,9H,8H2,1-4H3,(H,21,23). The number of para-hydroxylation sites is 1. The molecule has 0 fully saturated rings. The number of nitrogens with one attached hydrogen (secondary N) is 1. The molecule has 1 N–H and O–H groups in total. The first-order chi connectivity index (χ1) is 12.8. The normalized spacial score (nSPS) is 10.8. The van der Waals surface area contributed by atoms with Crippen molar-refractivity contribution in [1.82, 2.24) is 9.55 Å². The smallest absolute Gasteiger partial charge is 0.341 e. The Morgan fingerprint density at radius 1 is 1.26 bits per heavy atom. The van der Waals surface area contributed by atoms with E-state index in [1.54, 1.807) is 19.1 Å². The van der Waals surface area contributed by atoms with Gasteiger partial charge in [-0.15, -0.1) is 11.3 Å². The van der Waals surface area contributed by atoms with Crippen LogP contribution >= 0.6 is 11.3 Å². The number of thiophene rings is 1. The zero-order valence-corrected chi connectivity index (χ0v) is 16.3. The molecule has 0 bridgehead atoms. The van der Waals surface area contributed by atoms with Gasteiger partial charge in [-0.2, -0.15) is 0 Å². The molecule has 0 atom stereocenters. The molecule has 1 amide bonds. The molecule has 2 heterocycles. The Kier molecular flexibility index (Phi) is 5.09. The maximum absolute atomic E-state index is 12.6. The number of methoxy groups -OCH3 is 1. The predicted molar refractivity (Wildman–Crippen MR) is 105 cm³/mol. The van der Waals surface area contributed by atoms with Crippen LogP contribution in [0.4, 0.5) is 5.00 Å². The van der Waals surface area contributed by atoms with Gasteiger partial charge >= 0.3 is 5.97 Å². The van der Waals surface area contributed by atoms with Crippen LogP contribution in [0.1, 0.15) is 26.4 Å². The number of nitrogens with zero attached hydrogens (tertiary/aromatic N) is 2. The summed E-state index contributed by atoms with van der Waals surface area (Å²) < 4.78 is 6.05. The van der Waals surface area contributed by atoms with Gasteiger partial charge in [0.15, 0.2) is 0 Å². The Balaban J connectivity index is 1.89. The predicted octanol–water partition coefficient (Wildman–Crippen LogP) is 2.81. The number of rotatable bonds is 4. The molecule has 0 aliphatic carbocycles. The highest BCUT2D eigenvalue weighted by Crippen LogP contribution is 2.32. The lowest BCUT2D eigenvalue weighted by Gasteiger charge is -2.09. The van der Waals surface area contributed by atoms with Gasteiger partial charge in [-0.25, -0.2) is 9.78 Å². The van der Waals surface area contributed by atoms with Crippen molar-refractivity contribution in [1.29, 1.82) is 0 Å². The first-order valence-electron chi connectivity index (χ1n) is 8.26. The Hall–Kier alpha value is -3.00. The number of aromatic nitrogens is 2. The van der Waals surface area contributed by atoms with Crippen molar-refractivity contribution in [3.05, 3.63) is 56.4 Å². The summed E-state index contributed by atoms with van der Waals surface area (Å²) >= 11 is 1.30. The summed E-state index contributed by atoms with van der Waals surface area (Å²) in [5.74, 6) is -0.926. The number of carbonyl (C=O) groups is 2. The molecule has 0 radical (unpaired) electrons. The van der Waals surface area contributed by atoms with Crippen LogP contribution in [0.15, 0.2) is 29.3 Å². The molecule has 0 aliphatic heterocycles. The fraction of sp³-hybridized carbons (Fsp3) is 0.263. The Labute approximate surface area is 159 Å². The topological polar surface area (TPSA) is 90.3 Å². The number of anilines is 1. The van der Waals surface area contributed by atoms with E-state index in [9.17, 15) is 14.4 Å². The maximum atomic E-state index is 12.6. The van der Waals surface area contributed by atoms with Gasteiger partial charge in [-0.1, -0.05) is 12.1 Å². The molecule has 27 heavy (non-hydrogen) atoms. The third-order valence-corrected chi connectivity index (χ3v) is 5.52. The second-order valence-electron chi connectivity index (χ2n) is 6.18. The second-order valence-corrected chi connectivity index (χ2v) is 7.40. The number of amides is 1. The van der Waals surface area contributed by atoms with E-state index in [0.29, 0.717) is 21.5 Å². The highest BCUT2D eigenvalue weighted by Gasteiger charge is 2.21. The van der Waals surface area contributed by atoms with Gasteiger partial charge in [0.2, 0.25) is 5.91 Å². The van der Waals surface area contributed by atoms with Crippen molar-refractivity contribution in [2.24, 2.45) is 0 Å². The largest absolute Gasteiger partial charge is 0.465 e. The number of carbonyl (C=O) groups excluding carboxylic acids is 2. The van der Waals surface area contributed by atoms with Crippen LogP contribution in [0, 0.1) is 20.8 Å². The molecule has 1 aromatic carbocycles. The molecule has 8 heteroatoms. The molecular formula is C19H19N3O4S. The number of benzene rings is 1. The average molecular weight is 385 g/mol. The van der Waals surface area contributed by atoms with Crippen LogP contribution in [-0.4, -0.2) is 28.5 Å². The fourth-order valence-electron chi connectivity index (χ4n) is 2.83. The fourth-order valence-corrected chi connectivity index (χ4v) is 3.90. The highest BCUT2D eigenvalue weighted by molar-refractivity contribution is 7.16. The van der Waals surface area contributed by atoms with Gasteiger partial charge in [0.25, 0.3) is 5.56 Å². The monoisotopic (exact) mass is 385 g/mol. The minimum atomic E-state index is -0.507. The molecule has 2 aromatic heterocycles. The van der Waals surface area contributed by atoms with E-state index in [1.165, 1.54) is 29.3 Å². The van der Waals surface area contributed by atoms with Gasteiger partial charge in [-0.3, -0.25) is 14.2 Å². The van der Waals surface area contributed by atoms with Crippen LogP contribution in [0.2, 0.25) is 0 Å². The summed E-state index contributed by atoms with van der Waals surface area (Å²) in [5, 5.41) is 3.59. The van der Waals surface area contributed by atoms with Crippen molar-refractivity contribution in [3.63, 3.8) is 0 Å². The van der Waals surface area contributed by atoms with Crippen LogP contribution < -0.4 is 10.9 Å². The Bertz CT molecular complexity index is 1110. The zero-order valence-electron chi connectivity index (χ0n) is 15.5. The minimum absolute atomic E-state index is 0.202. The van der Waals surface area contributed by atoms with Crippen molar-refractivity contribution in [2.75, 3.05) is 12.4 Å². The van der Waals surface area contributed by atoms with Crippen LogP contribution in [0.3, 0.4) is 0 Å². The van der Waals surface area contributed by atoms with Crippen LogP contribution in [-0.2, 0) is 16.1 Å². The van der Waals surface area contributed by atoms with E-state index in [1.807, 2.05) is 19.9 Å². The molecule has 140 valence electrons. The van der Waals surface area contributed by atoms with Crippen molar-refractivity contribution < 1.29 is 14.3 Å². The average Bonchev–Trinajstić information content (AvgIpc) is 2.91. The Morgan fingerprint density at radius 3 is 2.70 bits per heavy atom. The lowest BCUT2D eigenvalue weighted by atomic mass is 10.1. The van der Waals surface area contributed by atoms with E-state index in [2.05, 4.69) is 10.3 Å². The van der Waals surface area contributed by atoms with Gasteiger partial charge in [0.05, 0.1) is 29.9 Å². The van der Waals surface area contributed by atoms with E-state index in [-0.39, 0.29) is 12.1 Å². The van der Waals surface area contributed by atoms with Gasteiger partial charge in [0.1, 0.15) is 11.5 Å². The van der Waals surface area contributed by atoms with Gasteiger partial charge in [-0.05, 0) is 38.0 Å². The quantitative estimate of drug-likeness (QED) is 0.698. The van der Waals surface area contributed by atoms with Gasteiger partial charge in [0, 0.05) is 4.88 Å². The zero-order chi connectivity index (χ0) is 19.7. The number of ether oxygens (including phenoxy) is 1. The second kappa shape index (κ2) is 7.32. The Morgan fingerprint density at radius 2 is 2.00 bits per heavy atom. The summed E-state index contributed by atoms with van der Waals surface area (Å²) in [6, 6.07) is 5.35. The lowest BCUT2D eigenvalue weighted by molar-refractivity contribution is -0.116. The summed E-state index contributed by atoms with van der Waals surface area (Å²) in [4.78, 5) is 42.3. The number of esters is 1. The molecular weight excluding hydrogens is 366 g/mol. The first-order valence-corrected chi connectivity index (χ1v) is 9.08. The summed E-state index contributed by atoms with van der Waals surface area (Å²) in [7, 11) is 1.29. The third kappa shape index (κ3) is 3.48. The van der Waals surface area contributed by atoms with E-state index in [4.69, 9.17) is 4.74 Å².